The van der Waals surface area contributed by atoms with Gasteiger partial charge < -0.3 is 5.32 Å². The molecule has 1 aliphatic rings. The molecule has 1 saturated heterocycles. The van der Waals surface area contributed by atoms with Gasteiger partial charge >= 0.3 is 0 Å². The van der Waals surface area contributed by atoms with Crippen LogP contribution in [-0.4, -0.2) is 38.9 Å². The number of nitrogens with zero attached hydrogens (tertiary/aromatic N) is 1. The highest BCUT2D eigenvalue weighted by Crippen LogP contribution is 2.29. The number of rotatable bonds is 4. The van der Waals surface area contributed by atoms with Crippen molar-refractivity contribution < 1.29 is 8.42 Å². The van der Waals surface area contributed by atoms with Gasteiger partial charge in [0.2, 0.25) is 10.0 Å². The summed E-state index contributed by atoms with van der Waals surface area (Å²) >= 11 is 3.35. The predicted molar refractivity (Wildman–Crippen MR) is 79.7 cm³/mol. The van der Waals surface area contributed by atoms with E-state index in [2.05, 4.69) is 21.2 Å². The summed E-state index contributed by atoms with van der Waals surface area (Å²) in [7, 11) is -1.55. The topological polar surface area (TPSA) is 49.4 Å². The third-order valence-electron chi connectivity index (χ3n) is 3.50. The second-order valence-corrected chi connectivity index (χ2v) is 7.65. The third-order valence-corrected chi connectivity index (χ3v) is 6.09. The van der Waals surface area contributed by atoms with Crippen molar-refractivity contribution in [2.45, 2.75) is 30.7 Å². The molecule has 19 heavy (non-hydrogen) atoms. The van der Waals surface area contributed by atoms with Crippen molar-refractivity contribution in [2.24, 2.45) is 0 Å². The van der Waals surface area contributed by atoms with E-state index in [9.17, 15) is 8.42 Å². The fourth-order valence-electron chi connectivity index (χ4n) is 2.54. The summed E-state index contributed by atoms with van der Waals surface area (Å²) in [6.45, 7) is 3.15. The minimum Gasteiger partial charge on any atom is -0.318 e. The minimum atomic E-state index is -3.40. The van der Waals surface area contributed by atoms with Crippen molar-refractivity contribution in [2.75, 3.05) is 20.1 Å². The highest BCUT2D eigenvalue weighted by molar-refractivity contribution is 9.10. The van der Waals surface area contributed by atoms with E-state index in [1.165, 1.54) is 0 Å². The normalized spacial score (nSPS) is 20.9. The third kappa shape index (κ3) is 3.02. The second-order valence-electron chi connectivity index (χ2n) is 4.88. The Labute approximate surface area is 123 Å². The zero-order valence-corrected chi connectivity index (χ0v) is 13.6. The van der Waals surface area contributed by atoms with Crippen LogP contribution in [0.5, 0.6) is 0 Å². The van der Waals surface area contributed by atoms with Gasteiger partial charge in [-0.15, -0.1) is 0 Å². The molecule has 0 aliphatic carbocycles. The Morgan fingerprint density at radius 1 is 1.47 bits per heavy atom. The summed E-state index contributed by atoms with van der Waals surface area (Å²) in [5.74, 6) is 0. The Morgan fingerprint density at radius 2 is 2.21 bits per heavy atom. The van der Waals surface area contributed by atoms with Gasteiger partial charge in [0, 0.05) is 23.6 Å². The summed E-state index contributed by atoms with van der Waals surface area (Å²) in [5, 5.41) is 3.07. The van der Waals surface area contributed by atoms with E-state index in [0.717, 1.165) is 22.9 Å². The molecule has 0 amide bonds. The average molecular weight is 347 g/mol. The maximum absolute atomic E-state index is 12.8. The lowest BCUT2D eigenvalue weighted by Gasteiger charge is -2.24. The fourth-order valence-corrected chi connectivity index (χ4v) is 5.00. The number of nitrogens with one attached hydrogen (secondary N) is 1. The van der Waals surface area contributed by atoms with E-state index in [4.69, 9.17) is 0 Å². The lowest BCUT2D eigenvalue weighted by Crippen LogP contribution is -2.40. The van der Waals surface area contributed by atoms with Gasteiger partial charge in [0.05, 0.1) is 4.90 Å². The Hall–Kier alpha value is -0.430. The Bertz CT molecular complexity index is 560. The van der Waals surface area contributed by atoms with Crippen LogP contribution in [0, 0.1) is 6.92 Å². The van der Waals surface area contributed by atoms with Crippen molar-refractivity contribution in [1.29, 1.82) is 0 Å². The Balaban J connectivity index is 2.39. The first kappa shape index (κ1) is 15.0. The van der Waals surface area contributed by atoms with E-state index in [-0.39, 0.29) is 6.04 Å². The molecule has 1 aromatic rings. The van der Waals surface area contributed by atoms with Crippen LogP contribution in [0.1, 0.15) is 18.4 Å². The van der Waals surface area contributed by atoms with Gasteiger partial charge in [-0.1, -0.05) is 22.0 Å². The molecule has 1 aliphatic heterocycles. The number of benzene rings is 1. The van der Waals surface area contributed by atoms with Crippen LogP contribution in [0.25, 0.3) is 0 Å². The number of halogens is 1. The van der Waals surface area contributed by atoms with Crippen LogP contribution >= 0.6 is 15.9 Å². The molecule has 4 nitrogen and oxygen atoms in total. The van der Waals surface area contributed by atoms with Gasteiger partial charge in [-0.25, -0.2) is 8.42 Å². The lowest BCUT2D eigenvalue weighted by molar-refractivity contribution is 0.379. The SMILES string of the molecule is CNCC1CCCN1S(=O)(=O)c1cc(Br)ccc1C. The molecule has 2 rings (SSSR count). The molecule has 0 spiro atoms. The lowest BCUT2D eigenvalue weighted by atomic mass is 10.2. The predicted octanol–water partition coefficient (Wildman–Crippen LogP) is 2.13. The van der Waals surface area contributed by atoms with E-state index < -0.39 is 10.0 Å². The summed E-state index contributed by atoms with van der Waals surface area (Å²) in [4.78, 5) is 0.407. The zero-order chi connectivity index (χ0) is 14.0. The standard InChI is InChI=1S/C13H19BrN2O2S/c1-10-5-6-11(14)8-13(10)19(17,18)16-7-3-4-12(16)9-15-2/h5-6,8,12,15H,3-4,7,9H2,1-2H3. The second kappa shape index (κ2) is 5.91. The fraction of sp³-hybridized carbons (Fsp3) is 0.538. The quantitative estimate of drug-likeness (QED) is 0.908. The van der Waals surface area contributed by atoms with E-state index in [0.29, 0.717) is 18.0 Å². The molecule has 0 radical (unpaired) electrons. The molecule has 1 atom stereocenters. The smallest absolute Gasteiger partial charge is 0.243 e. The van der Waals surface area contributed by atoms with E-state index in [1.54, 1.807) is 10.4 Å². The number of likely N-dealkylation sites (N-methyl/N-ethyl adjacent to an activating group) is 1. The molecule has 1 unspecified atom stereocenters. The van der Waals surface area contributed by atoms with Crippen molar-refractivity contribution in [3.05, 3.63) is 28.2 Å². The van der Waals surface area contributed by atoms with Gasteiger partial charge in [-0.2, -0.15) is 4.31 Å². The number of aryl methyl sites for hydroxylation is 1. The average Bonchev–Trinajstić information content (AvgIpc) is 2.81. The maximum Gasteiger partial charge on any atom is 0.243 e. The van der Waals surface area contributed by atoms with E-state index in [1.807, 2.05) is 26.1 Å². The van der Waals surface area contributed by atoms with Crippen molar-refractivity contribution in [1.82, 2.24) is 9.62 Å². The number of hydrogen-bond donors (Lipinski definition) is 1. The number of sulfonamides is 1. The molecular weight excluding hydrogens is 328 g/mol. The first-order chi connectivity index (χ1) is 8.96. The summed E-state index contributed by atoms with van der Waals surface area (Å²) in [6, 6.07) is 5.46. The van der Waals surface area contributed by atoms with E-state index >= 15 is 0 Å². The highest BCUT2D eigenvalue weighted by atomic mass is 79.9. The Kier molecular flexibility index (Phi) is 4.66. The molecular formula is C13H19BrN2O2S. The van der Waals surface area contributed by atoms with Gasteiger partial charge in [0.15, 0.2) is 0 Å². The molecule has 0 saturated carbocycles. The van der Waals surface area contributed by atoms with Crippen LogP contribution < -0.4 is 5.32 Å². The number of hydrogen-bond acceptors (Lipinski definition) is 3. The highest BCUT2D eigenvalue weighted by Gasteiger charge is 2.35. The molecule has 106 valence electrons. The van der Waals surface area contributed by atoms with Crippen LogP contribution in [0.4, 0.5) is 0 Å². The van der Waals surface area contributed by atoms with Gasteiger partial charge in [-0.3, -0.25) is 0 Å². The summed E-state index contributed by atoms with van der Waals surface area (Å²) in [5.41, 5.74) is 0.790. The molecule has 1 aromatic carbocycles. The molecule has 0 aromatic heterocycles. The first-order valence-corrected chi connectivity index (χ1v) is 8.62. The van der Waals surface area contributed by atoms with Gasteiger partial charge in [0.1, 0.15) is 0 Å². The van der Waals surface area contributed by atoms with Crippen LogP contribution in [0.15, 0.2) is 27.6 Å². The zero-order valence-electron chi connectivity index (χ0n) is 11.2. The first-order valence-electron chi connectivity index (χ1n) is 6.39. The maximum atomic E-state index is 12.8. The minimum absolute atomic E-state index is 0.0633. The molecule has 1 N–H and O–H groups in total. The van der Waals surface area contributed by atoms with Crippen LogP contribution in [-0.2, 0) is 10.0 Å². The summed E-state index contributed by atoms with van der Waals surface area (Å²) in [6.07, 6.45) is 1.85. The molecule has 6 heteroatoms. The van der Waals surface area contributed by atoms with Crippen molar-refractivity contribution in [3.8, 4) is 0 Å². The van der Waals surface area contributed by atoms with Crippen LogP contribution in [0.3, 0.4) is 0 Å². The summed E-state index contributed by atoms with van der Waals surface area (Å²) < 4.78 is 28.0. The van der Waals surface area contributed by atoms with Crippen LogP contribution in [0.2, 0.25) is 0 Å². The Morgan fingerprint density at radius 3 is 2.89 bits per heavy atom. The van der Waals surface area contributed by atoms with Gasteiger partial charge in [-0.05, 0) is 44.5 Å². The molecule has 1 fully saturated rings. The van der Waals surface area contributed by atoms with Gasteiger partial charge in [0.25, 0.3) is 0 Å². The largest absolute Gasteiger partial charge is 0.318 e. The van der Waals surface area contributed by atoms with Crippen molar-refractivity contribution in [3.63, 3.8) is 0 Å². The molecule has 0 bridgehead atoms. The van der Waals surface area contributed by atoms with Crippen molar-refractivity contribution >= 4 is 26.0 Å². The molecule has 1 heterocycles. The monoisotopic (exact) mass is 346 g/mol.